The molecule has 0 fully saturated rings. The summed E-state index contributed by atoms with van der Waals surface area (Å²) >= 11 is 0. The summed E-state index contributed by atoms with van der Waals surface area (Å²) in [5, 5.41) is 12.5. The van der Waals surface area contributed by atoms with Crippen molar-refractivity contribution in [3.8, 4) is 0 Å². The van der Waals surface area contributed by atoms with E-state index in [0.717, 1.165) is 6.07 Å². The average molecular weight is 288 g/mol. The first-order chi connectivity index (χ1) is 8.89. The Morgan fingerprint density at radius 1 is 1.21 bits per heavy atom. The minimum Gasteiger partial charge on any atom is -0.337 e. The number of nitrogens with zero attached hydrogens (tertiary/aromatic N) is 3. The van der Waals surface area contributed by atoms with Crippen LogP contribution in [0.1, 0.15) is 0 Å². The van der Waals surface area contributed by atoms with Gasteiger partial charge in [-0.2, -0.15) is 8.42 Å². The third-order valence-electron chi connectivity index (χ3n) is 2.07. The molecule has 0 bridgehead atoms. The van der Waals surface area contributed by atoms with Gasteiger partial charge in [0, 0.05) is 6.07 Å². The van der Waals surface area contributed by atoms with E-state index in [0.29, 0.717) is 6.07 Å². The van der Waals surface area contributed by atoms with Gasteiger partial charge in [-0.25, -0.2) is 8.78 Å². The molecule has 1 aromatic heterocycles. The van der Waals surface area contributed by atoms with Crippen molar-refractivity contribution in [2.75, 3.05) is 5.32 Å². The van der Waals surface area contributed by atoms with E-state index in [1.54, 1.807) is 0 Å². The molecule has 2 aromatic rings. The summed E-state index contributed by atoms with van der Waals surface area (Å²) < 4.78 is 57.6. The molecule has 0 atom stereocenters. The van der Waals surface area contributed by atoms with Crippen LogP contribution in [0, 0.1) is 11.6 Å². The topological polar surface area (TPSA) is 105 Å². The van der Waals surface area contributed by atoms with Crippen LogP contribution in [0.4, 0.5) is 20.3 Å². The highest BCUT2D eigenvalue weighted by atomic mass is 32.2. The molecule has 10 heteroatoms. The van der Waals surface area contributed by atoms with Crippen molar-refractivity contribution >= 4 is 21.6 Å². The van der Waals surface area contributed by atoms with Gasteiger partial charge in [0.05, 0.1) is 11.9 Å². The molecule has 0 saturated carbocycles. The highest BCUT2D eigenvalue weighted by molar-refractivity contribution is 7.86. The number of benzene rings is 1. The molecule has 0 spiro atoms. The van der Waals surface area contributed by atoms with Gasteiger partial charge in [0.15, 0.2) is 22.3 Å². The maximum Gasteiger partial charge on any atom is 0.299 e. The largest absolute Gasteiger partial charge is 0.337 e. The van der Waals surface area contributed by atoms with Gasteiger partial charge in [0.2, 0.25) is 0 Å². The fraction of sp³-hybridized carbons (Fsp3) is 0. The van der Waals surface area contributed by atoms with E-state index < -0.39 is 26.6 Å². The van der Waals surface area contributed by atoms with Gasteiger partial charge < -0.3 is 5.32 Å². The SMILES string of the molecule is O=S(=O)(O)c1c(Nc2ccnnn2)ccc(F)c1F. The molecular weight excluding hydrogens is 282 g/mol. The number of hydrogen-bond donors (Lipinski definition) is 2. The molecule has 0 aliphatic rings. The quantitative estimate of drug-likeness (QED) is 0.816. The van der Waals surface area contributed by atoms with Crippen LogP contribution in [-0.2, 0) is 10.1 Å². The lowest BCUT2D eigenvalue weighted by Gasteiger charge is -2.09. The predicted octanol–water partition coefficient (Wildman–Crippen LogP) is 1.14. The first kappa shape index (κ1) is 13.2. The number of nitrogens with one attached hydrogen (secondary N) is 1. The summed E-state index contributed by atoms with van der Waals surface area (Å²) in [5.74, 6) is -3.04. The Bertz CT molecular complexity index is 709. The van der Waals surface area contributed by atoms with Gasteiger partial charge in [0.1, 0.15) is 0 Å². The Hall–Kier alpha value is -2.20. The van der Waals surface area contributed by atoms with E-state index in [2.05, 4.69) is 20.7 Å². The maximum absolute atomic E-state index is 13.5. The fourth-order valence-electron chi connectivity index (χ4n) is 1.33. The Kier molecular flexibility index (Phi) is 3.36. The Labute approximate surface area is 106 Å². The van der Waals surface area contributed by atoms with Gasteiger partial charge in [-0.3, -0.25) is 4.55 Å². The molecule has 1 aromatic carbocycles. The van der Waals surface area contributed by atoms with Gasteiger partial charge in [-0.15, -0.1) is 10.2 Å². The number of aromatic nitrogens is 3. The van der Waals surface area contributed by atoms with Crippen LogP contribution in [-0.4, -0.2) is 28.4 Å². The summed E-state index contributed by atoms with van der Waals surface area (Å²) in [6.45, 7) is 0. The highest BCUT2D eigenvalue weighted by Crippen LogP contribution is 2.28. The van der Waals surface area contributed by atoms with E-state index in [1.165, 1.54) is 12.3 Å². The number of anilines is 2. The van der Waals surface area contributed by atoms with Gasteiger partial charge in [-0.1, -0.05) is 0 Å². The molecule has 1 heterocycles. The maximum atomic E-state index is 13.5. The van der Waals surface area contributed by atoms with Crippen LogP contribution in [0.25, 0.3) is 0 Å². The molecule has 0 aliphatic carbocycles. The van der Waals surface area contributed by atoms with Crippen LogP contribution in [0.2, 0.25) is 0 Å². The van der Waals surface area contributed by atoms with Crippen molar-refractivity contribution < 1.29 is 21.8 Å². The minimum atomic E-state index is -4.95. The Morgan fingerprint density at radius 2 is 1.95 bits per heavy atom. The van der Waals surface area contributed by atoms with Crippen LogP contribution < -0.4 is 5.32 Å². The molecule has 0 radical (unpaired) electrons. The molecular formula is C9H6F2N4O3S. The summed E-state index contributed by atoms with van der Waals surface area (Å²) in [4.78, 5) is -1.20. The fourth-order valence-corrected chi connectivity index (χ4v) is 2.05. The third-order valence-corrected chi connectivity index (χ3v) is 2.99. The second-order valence-electron chi connectivity index (χ2n) is 3.34. The second-order valence-corrected chi connectivity index (χ2v) is 4.70. The van der Waals surface area contributed by atoms with Crippen LogP contribution in [0.5, 0.6) is 0 Å². The second kappa shape index (κ2) is 4.82. The summed E-state index contributed by atoms with van der Waals surface area (Å²) in [7, 11) is -4.95. The summed E-state index contributed by atoms with van der Waals surface area (Å²) in [6.07, 6.45) is 1.25. The Balaban J connectivity index is 2.56. The molecule has 0 saturated heterocycles. The monoisotopic (exact) mass is 288 g/mol. The normalized spacial score (nSPS) is 11.3. The molecule has 19 heavy (non-hydrogen) atoms. The number of hydrogen-bond acceptors (Lipinski definition) is 6. The first-order valence-electron chi connectivity index (χ1n) is 4.76. The summed E-state index contributed by atoms with van der Waals surface area (Å²) in [5.41, 5.74) is -0.373. The van der Waals surface area contributed by atoms with Crippen molar-refractivity contribution in [3.05, 3.63) is 36.0 Å². The van der Waals surface area contributed by atoms with Crippen molar-refractivity contribution in [3.63, 3.8) is 0 Å². The van der Waals surface area contributed by atoms with Gasteiger partial charge >= 0.3 is 0 Å². The van der Waals surface area contributed by atoms with Crippen LogP contribution >= 0.6 is 0 Å². The zero-order chi connectivity index (χ0) is 14.0. The zero-order valence-electron chi connectivity index (χ0n) is 9.08. The molecule has 100 valence electrons. The first-order valence-corrected chi connectivity index (χ1v) is 6.20. The molecule has 0 unspecified atom stereocenters. The summed E-state index contributed by atoms with van der Waals surface area (Å²) in [6, 6.07) is 2.98. The van der Waals surface area contributed by atoms with E-state index in [1.807, 2.05) is 0 Å². The van der Waals surface area contributed by atoms with Crippen LogP contribution in [0.15, 0.2) is 29.3 Å². The minimum absolute atomic E-state index is 0.0471. The number of halogens is 2. The molecule has 2 rings (SSSR count). The third kappa shape index (κ3) is 2.80. The molecule has 2 N–H and O–H groups in total. The van der Waals surface area contributed by atoms with Crippen molar-refractivity contribution in [1.82, 2.24) is 15.4 Å². The van der Waals surface area contributed by atoms with E-state index in [-0.39, 0.29) is 11.5 Å². The molecule has 7 nitrogen and oxygen atoms in total. The molecule has 0 amide bonds. The van der Waals surface area contributed by atoms with Crippen molar-refractivity contribution in [1.29, 1.82) is 0 Å². The lowest BCUT2D eigenvalue weighted by molar-refractivity contribution is 0.455. The average Bonchev–Trinajstić information content (AvgIpc) is 2.34. The highest BCUT2D eigenvalue weighted by Gasteiger charge is 2.24. The number of rotatable bonds is 3. The van der Waals surface area contributed by atoms with E-state index in [9.17, 15) is 17.2 Å². The molecule has 0 aliphatic heterocycles. The van der Waals surface area contributed by atoms with Crippen LogP contribution in [0.3, 0.4) is 0 Å². The lowest BCUT2D eigenvalue weighted by Crippen LogP contribution is -2.08. The Morgan fingerprint density at radius 3 is 2.53 bits per heavy atom. The van der Waals surface area contributed by atoms with E-state index in [4.69, 9.17) is 4.55 Å². The standard InChI is InChI=1S/C9H6F2N4O3S/c10-5-1-2-6(9(8(5)11)19(16,17)18)13-7-3-4-12-15-14-7/h1-4H,(H,12,13,14)(H,16,17,18). The van der Waals surface area contributed by atoms with Crippen molar-refractivity contribution in [2.24, 2.45) is 0 Å². The zero-order valence-corrected chi connectivity index (χ0v) is 9.90. The predicted molar refractivity (Wildman–Crippen MR) is 59.3 cm³/mol. The van der Waals surface area contributed by atoms with Crippen molar-refractivity contribution in [2.45, 2.75) is 4.90 Å². The van der Waals surface area contributed by atoms with E-state index >= 15 is 0 Å². The smallest absolute Gasteiger partial charge is 0.299 e. The van der Waals surface area contributed by atoms with Gasteiger partial charge in [0.25, 0.3) is 10.1 Å². The lowest BCUT2D eigenvalue weighted by atomic mass is 10.3. The van der Waals surface area contributed by atoms with Gasteiger partial charge in [-0.05, 0) is 17.3 Å².